The Balaban J connectivity index is 1.54. The van der Waals surface area contributed by atoms with E-state index in [1.807, 2.05) is 61.5 Å². The van der Waals surface area contributed by atoms with Gasteiger partial charge in [0.2, 0.25) is 11.8 Å². The Bertz CT molecular complexity index is 1240. The molecule has 186 valence electrons. The summed E-state index contributed by atoms with van der Waals surface area (Å²) in [5.74, 6) is -1.19. The van der Waals surface area contributed by atoms with Crippen molar-refractivity contribution in [2.75, 3.05) is 10.6 Å². The number of hydrogen-bond acceptors (Lipinski definition) is 4. The Labute approximate surface area is 215 Å². The van der Waals surface area contributed by atoms with E-state index in [0.29, 0.717) is 11.4 Å². The number of aryl methyl sites for hydroxylation is 1. The van der Waals surface area contributed by atoms with Crippen molar-refractivity contribution >= 4 is 40.9 Å². The Hall–Kier alpha value is -3.58. The average Bonchev–Trinajstić information content (AvgIpc) is 2.89. The van der Waals surface area contributed by atoms with Gasteiger partial charge in [0.25, 0.3) is 0 Å². The maximum atomic E-state index is 13.5. The fraction of sp³-hybridized carbons (Fsp3) is 0.276. The Morgan fingerprint density at radius 1 is 0.889 bits per heavy atom. The standard InChI is InChI=1S/C29H30N2O4S/c1-19-15-16-22(29(34)35)17-25(19)31-28(33)26(20-9-4-2-5-10-20)36-24-14-8-13-23(18-24)30-27(32)21-11-6-3-7-12-21/h2,4-5,8-10,13-18,21,26H,3,6-7,11-12H2,1H3,(H,30,32)(H,31,33)(H,34,35). The second-order valence-corrected chi connectivity index (χ2v) is 10.3. The van der Waals surface area contributed by atoms with Crippen molar-refractivity contribution in [1.29, 1.82) is 0 Å². The molecule has 0 aliphatic heterocycles. The quantitative estimate of drug-likeness (QED) is 0.299. The van der Waals surface area contributed by atoms with Gasteiger partial charge in [-0.2, -0.15) is 0 Å². The number of carbonyl (C=O) groups excluding carboxylic acids is 2. The molecular weight excluding hydrogens is 472 g/mol. The molecule has 0 heterocycles. The maximum Gasteiger partial charge on any atom is 0.335 e. The Kier molecular flexibility index (Phi) is 8.44. The average molecular weight is 503 g/mol. The van der Waals surface area contributed by atoms with Crippen LogP contribution in [0.1, 0.15) is 58.8 Å². The van der Waals surface area contributed by atoms with Gasteiger partial charge in [-0.05, 0) is 61.2 Å². The minimum atomic E-state index is -1.05. The van der Waals surface area contributed by atoms with Gasteiger partial charge in [0.15, 0.2) is 0 Å². The molecule has 2 amide bonds. The van der Waals surface area contributed by atoms with E-state index in [9.17, 15) is 19.5 Å². The Morgan fingerprint density at radius 3 is 2.36 bits per heavy atom. The van der Waals surface area contributed by atoms with Gasteiger partial charge in [-0.3, -0.25) is 9.59 Å². The van der Waals surface area contributed by atoms with Crippen molar-refractivity contribution in [3.05, 3.63) is 89.5 Å². The first kappa shape index (κ1) is 25.5. The number of rotatable bonds is 8. The largest absolute Gasteiger partial charge is 0.478 e. The van der Waals surface area contributed by atoms with Gasteiger partial charge in [-0.1, -0.05) is 61.7 Å². The lowest BCUT2D eigenvalue weighted by Crippen LogP contribution is -2.24. The molecule has 1 aliphatic carbocycles. The number of thioether (sulfide) groups is 1. The summed E-state index contributed by atoms with van der Waals surface area (Å²) in [5, 5.41) is 14.7. The van der Waals surface area contributed by atoms with E-state index >= 15 is 0 Å². The molecule has 1 saturated carbocycles. The van der Waals surface area contributed by atoms with E-state index < -0.39 is 11.2 Å². The minimum Gasteiger partial charge on any atom is -0.478 e. The summed E-state index contributed by atoms with van der Waals surface area (Å²) in [6.07, 6.45) is 5.24. The second kappa shape index (κ2) is 11.9. The van der Waals surface area contributed by atoms with Gasteiger partial charge in [-0.15, -0.1) is 11.8 Å². The summed E-state index contributed by atoms with van der Waals surface area (Å²) >= 11 is 1.38. The summed E-state index contributed by atoms with van der Waals surface area (Å²) in [5.41, 5.74) is 2.89. The molecule has 3 N–H and O–H groups in total. The molecule has 0 spiro atoms. The number of aromatic carboxylic acids is 1. The normalized spacial score (nSPS) is 14.6. The number of carboxylic acids is 1. The topological polar surface area (TPSA) is 95.5 Å². The van der Waals surface area contributed by atoms with Crippen molar-refractivity contribution in [1.82, 2.24) is 0 Å². The van der Waals surface area contributed by atoms with E-state index in [-0.39, 0.29) is 23.3 Å². The second-order valence-electron chi connectivity index (χ2n) is 9.08. The summed E-state index contributed by atoms with van der Waals surface area (Å²) in [6.45, 7) is 1.82. The predicted octanol–water partition coefficient (Wildman–Crippen LogP) is 6.68. The van der Waals surface area contributed by atoms with Crippen LogP contribution in [0.5, 0.6) is 0 Å². The van der Waals surface area contributed by atoms with Crippen LogP contribution in [-0.2, 0) is 9.59 Å². The first-order chi connectivity index (χ1) is 17.4. The number of hydrogen-bond donors (Lipinski definition) is 3. The molecular formula is C29H30N2O4S. The number of anilines is 2. The molecule has 0 radical (unpaired) electrons. The zero-order valence-corrected chi connectivity index (χ0v) is 21.0. The molecule has 0 saturated heterocycles. The molecule has 1 aliphatic rings. The van der Waals surface area contributed by atoms with Gasteiger partial charge >= 0.3 is 5.97 Å². The lowest BCUT2D eigenvalue weighted by atomic mass is 9.88. The summed E-state index contributed by atoms with van der Waals surface area (Å²) in [7, 11) is 0. The third-order valence-electron chi connectivity index (χ3n) is 6.41. The van der Waals surface area contributed by atoms with E-state index in [0.717, 1.165) is 41.7 Å². The van der Waals surface area contributed by atoms with Crippen LogP contribution in [0, 0.1) is 12.8 Å². The monoisotopic (exact) mass is 502 g/mol. The lowest BCUT2D eigenvalue weighted by Gasteiger charge is -2.21. The number of benzene rings is 3. The molecule has 4 rings (SSSR count). The number of carboxylic acid groups (broad SMARTS) is 1. The van der Waals surface area contributed by atoms with Crippen LogP contribution in [0.15, 0.2) is 77.7 Å². The van der Waals surface area contributed by atoms with Crippen molar-refractivity contribution in [2.24, 2.45) is 5.92 Å². The molecule has 1 fully saturated rings. The van der Waals surface area contributed by atoms with Gasteiger partial charge < -0.3 is 15.7 Å². The van der Waals surface area contributed by atoms with Crippen LogP contribution in [0.25, 0.3) is 0 Å². The van der Waals surface area contributed by atoms with Crippen LogP contribution in [0.4, 0.5) is 11.4 Å². The van der Waals surface area contributed by atoms with Crippen LogP contribution in [0.3, 0.4) is 0 Å². The molecule has 7 heteroatoms. The molecule has 6 nitrogen and oxygen atoms in total. The van der Waals surface area contributed by atoms with Gasteiger partial charge in [0.1, 0.15) is 5.25 Å². The summed E-state index contributed by atoms with van der Waals surface area (Å²) in [6, 6.07) is 21.7. The fourth-order valence-electron chi connectivity index (χ4n) is 4.38. The molecule has 3 aromatic rings. The minimum absolute atomic E-state index is 0.0581. The summed E-state index contributed by atoms with van der Waals surface area (Å²) < 4.78 is 0. The lowest BCUT2D eigenvalue weighted by molar-refractivity contribution is -0.120. The molecule has 1 unspecified atom stereocenters. The zero-order valence-electron chi connectivity index (χ0n) is 20.2. The molecule has 0 aromatic heterocycles. The fourth-order valence-corrected chi connectivity index (χ4v) is 5.46. The number of amides is 2. The first-order valence-electron chi connectivity index (χ1n) is 12.2. The number of nitrogens with one attached hydrogen (secondary N) is 2. The maximum absolute atomic E-state index is 13.5. The van der Waals surface area contributed by atoms with Crippen molar-refractivity contribution in [3.8, 4) is 0 Å². The van der Waals surface area contributed by atoms with E-state index in [1.165, 1.54) is 30.3 Å². The van der Waals surface area contributed by atoms with Crippen molar-refractivity contribution in [3.63, 3.8) is 0 Å². The molecule has 0 bridgehead atoms. The molecule has 1 atom stereocenters. The highest BCUT2D eigenvalue weighted by Crippen LogP contribution is 2.37. The van der Waals surface area contributed by atoms with E-state index in [2.05, 4.69) is 10.6 Å². The molecule has 36 heavy (non-hydrogen) atoms. The van der Waals surface area contributed by atoms with Crippen LogP contribution >= 0.6 is 11.8 Å². The highest BCUT2D eigenvalue weighted by Gasteiger charge is 2.24. The van der Waals surface area contributed by atoms with E-state index in [4.69, 9.17) is 0 Å². The van der Waals surface area contributed by atoms with Gasteiger partial charge in [-0.25, -0.2) is 4.79 Å². The third kappa shape index (κ3) is 6.55. The SMILES string of the molecule is Cc1ccc(C(=O)O)cc1NC(=O)C(Sc1cccc(NC(=O)C2CCCCC2)c1)c1ccccc1. The number of carbonyl (C=O) groups is 3. The Morgan fingerprint density at radius 2 is 1.64 bits per heavy atom. The van der Waals surface area contributed by atoms with E-state index in [1.54, 1.807) is 6.07 Å². The van der Waals surface area contributed by atoms with Crippen molar-refractivity contribution < 1.29 is 19.5 Å². The first-order valence-corrected chi connectivity index (χ1v) is 13.1. The zero-order chi connectivity index (χ0) is 25.5. The van der Waals surface area contributed by atoms with Gasteiger partial charge in [0.05, 0.1) is 5.56 Å². The van der Waals surface area contributed by atoms with Crippen LogP contribution in [-0.4, -0.2) is 22.9 Å². The molecule has 3 aromatic carbocycles. The highest BCUT2D eigenvalue weighted by molar-refractivity contribution is 8.00. The third-order valence-corrected chi connectivity index (χ3v) is 7.66. The van der Waals surface area contributed by atoms with Gasteiger partial charge in [0, 0.05) is 22.2 Å². The smallest absolute Gasteiger partial charge is 0.335 e. The van der Waals surface area contributed by atoms with Crippen molar-refractivity contribution in [2.45, 2.75) is 49.2 Å². The highest BCUT2D eigenvalue weighted by atomic mass is 32.2. The van der Waals surface area contributed by atoms with Crippen LogP contribution < -0.4 is 10.6 Å². The van der Waals surface area contributed by atoms with Crippen LogP contribution in [0.2, 0.25) is 0 Å². The predicted molar refractivity (Wildman–Crippen MR) is 143 cm³/mol. The summed E-state index contributed by atoms with van der Waals surface area (Å²) in [4.78, 5) is 38.4.